The van der Waals surface area contributed by atoms with Crippen LogP contribution in [0.3, 0.4) is 0 Å². The van der Waals surface area contributed by atoms with Crippen LogP contribution in [0.4, 0.5) is 4.79 Å². The molecule has 0 radical (unpaired) electrons. The number of aryl methyl sites for hydroxylation is 1. The molecule has 0 aromatic carbocycles. The summed E-state index contributed by atoms with van der Waals surface area (Å²) in [7, 11) is 1.88. The third kappa shape index (κ3) is 3.16. The van der Waals surface area contributed by atoms with E-state index in [-0.39, 0.29) is 18.0 Å². The number of nitrogens with zero attached hydrogens (tertiary/aromatic N) is 3. The number of amides is 2. The lowest BCUT2D eigenvalue weighted by atomic mass is 9.92. The quantitative estimate of drug-likeness (QED) is 0.833. The van der Waals surface area contributed by atoms with Crippen LogP contribution in [0.15, 0.2) is 24.5 Å². The lowest BCUT2D eigenvalue weighted by molar-refractivity contribution is 0.0529. The van der Waals surface area contributed by atoms with Crippen LogP contribution in [-0.2, 0) is 7.05 Å². The molecule has 0 saturated carbocycles. The van der Waals surface area contributed by atoms with Crippen LogP contribution >= 0.6 is 0 Å². The van der Waals surface area contributed by atoms with Crippen molar-refractivity contribution in [2.24, 2.45) is 13.0 Å². The molecule has 2 unspecified atom stereocenters. The van der Waals surface area contributed by atoms with E-state index in [0.717, 1.165) is 32.2 Å². The van der Waals surface area contributed by atoms with Gasteiger partial charge in [0, 0.05) is 44.5 Å². The van der Waals surface area contributed by atoms with Gasteiger partial charge in [0.1, 0.15) is 11.9 Å². The summed E-state index contributed by atoms with van der Waals surface area (Å²) in [6, 6.07) is 0.220. The summed E-state index contributed by atoms with van der Waals surface area (Å²) in [5.41, 5.74) is 0. The van der Waals surface area contributed by atoms with Crippen molar-refractivity contribution in [3.05, 3.63) is 30.4 Å². The maximum Gasteiger partial charge on any atom is 0.317 e. The average molecular weight is 304 g/mol. The van der Waals surface area contributed by atoms with Crippen molar-refractivity contribution in [2.75, 3.05) is 13.1 Å². The molecule has 2 aliphatic rings. The Bertz CT molecular complexity index is 546. The minimum absolute atomic E-state index is 0.00885. The van der Waals surface area contributed by atoms with E-state index in [9.17, 15) is 9.90 Å². The van der Waals surface area contributed by atoms with E-state index in [1.807, 2.05) is 22.7 Å². The van der Waals surface area contributed by atoms with Crippen molar-refractivity contribution in [3.8, 4) is 0 Å². The molecule has 3 rings (SSSR count). The van der Waals surface area contributed by atoms with Gasteiger partial charge in [-0.25, -0.2) is 9.78 Å². The molecule has 6 heteroatoms. The molecule has 1 aromatic heterocycles. The second kappa shape index (κ2) is 6.52. The standard InChI is InChI=1S/C16H24N4O2/c1-19-10-8-17-15(19)14(21)12-5-4-9-20(11-12)16(22)18-13-6-2-3-7-13/h2-3,8,10,12-14,21H,4-7,9,11H2,1H3,(H,18,22). The molecular weight excluding hydrogens is 280 g/mol. The Morgan fingerprint density at radius 2 is 2.23 bits per heavy atom. The van der Waals surface area contributed by atoms with E-state index in [0.29, 0.717) is 12.4 Å². The summed E-state index contributed by atoms with van der Waals surface area (Å²) in [6.07, 6.45) is 10.8. The van der Waals surface area contributed by atoms with Crippen molar-refractivity contribution < 1.29 is 9.90 Å². The Hall–Kier alpha value is -1.82. The molecule has 2 amide bonds. The predicted molar refractivity (Wildman–Crippen MR) is 83.2 cm³/mol. The molecule has 120 valence electrons. The van der Waals surface area contributed by atoms with Gasteiger partial charge in [0.2, 0.25) is 0 Å². The highest BCUT2D eigenvalue weighted by Gasteiger charge is 2.31. The fourth-order valence-electron chi connectivity index (χ4n) is 3.33. The van der Waals surface area contributed by atoms with E-state index in [1.165, 1.54) is 0 Å². The second-order valence-corrected chi connectivity index (χ2v) is 6.28. The van der Waals surface area contributed by atoms with Gasteiger partial charge < -0.3 is 19.9 Å². The molecule has 0 spiro atoms. The Morgan fingerprint density at radius 1 is 1.45 bits per heavy atom. The van der Waals surface area contributed by atoms with Gasteiger partial charge in [-0.15, -0.1) is 0 Å². The van der Waals surface area contributed by atoms with Crippen LogP contribution in [0.25, 0.3) is 0 Å². The Balaban J connectivity index is 1.59. The van der Waals surface area contributed by atoms with Gasteiger partial charge in [0.15, 0.2) is 0 Å². The third-order valence-corrected chi connectivity index (χ3v) is 4.65. The number of carbonyl (C=O) groups excluding carboxylic acids is 1. The van der Waals surface area contributed by atoms with Crippen LogP contribution in [0.2, 0.25) is 0 Å². The van der Waals surface area contributed by atoms with E-state index >= 15 is 0 Å². The number of hydrogen-bond donors (Lipinski definition) is 2. The van der Waals surface area contributed by atoms with Crippen molar-refractivity contribution in [2.45, 2.75) is 37.8 Å². The first kappa shape index (κ1) is 15.1. The summed E-state index contributed by atoms with van der Waals surface area (Å²) in [6.45, 7) is 1.34. The fourth-order valence-corrected chi connectivity index (χ4v) is 3.33. The van der Waals surface area contributed by atoms with Gasteiger partial charge in [0.05, 0.1) is 0 Å². The second-order valence-electron chi connectivity index (χ2n) is 6.28. The minimum Gasteiger partial charge on any atom is -0.385 e. The molecule has 2 N–H and O–H groups in total. The molecule has 1 saturated heterocycles. The van der Waals surface area contributed by atoms with Crippen molar-refractivity contribution in [1.29, 1.82) is 0 Å². The first-order valence-electron chi connectivity index (χ1n) is 8.01. The summed E-state index contributed by atoms with van der Waals surface area (Å²) in [4.78, 5) is 18.4. The Kier molecular flexibility index (Phi) is 4.47. The number of hydrogen-bond acceptors (Lipinski definition) is 3. The van der Waals surface area contributed by atoms with Crippen molar-refractivity contribution >= 4 is 6.03 Å². The van der Waals surface area contributed by atoms with Crippen molar-refractivity contribution in [3.63, 3.8) is 0 Å². The molecule has 6 nitrogen and oxygen atoms in total. The molecule has 2 atom stereocenters. The summed E-state index contributed by atoms with van der Waals surface area (Å²) in [5.74, 6) is 0.717. The molecule has 1 aromatic rings. The molecule has 1 aliphatic carbocycles. The summed E-state index contributed by atoms with van der Waals surface area (Å²) < 4.78 is 1.84. The zero-order chi connectivity index (χ0) is 15.5. The Morgan fingerprint density at radius 3 is 2.91 bits per heavy atom. The number of aliphatic hydroxyl groups is 1. The van der Waals surface area contributed by atoms with Gasteiger partial charge in [-0.05, 0) is 25.7 Å². The minimum atomic E-state index is -0.622. The molecule has 22 heavy (non-hydrogen) atoms. The van der Waals surface area contributed by atoms with Crippen LogP contribution < -0.4 is 5.32 Å². The highest BCUT2D eigenvalue weighted by Crippen LogP contribution is 2.28. The number of aliphatic hydroxyl groups excluding tert-OH is 1. The largest absolute Gasteiger partial charge is 0.385 e. The molecule has 1 aliphatic heterocycles. The number of imidazole rings is 1. The predicted octanol–water partition coefficient (Wildman–Crippen LogP) is 1.59. The number of nitrogens with one attached hydrogen (secondary N) is 1. The SMILES string of the molecule is Cn1ccnc1C(O)C1CCCN(C(=O)NC2CC=CC2)C1. The van der Waals surface area contributed by atoms with E-state index in [2.05, 4.69) is 22.5 Å². The van der Waals surface area contributed by atoms with Gasteiger partial charge in [-0.2, -0.15) is 0 Å². The first-order valence-corrected chi connectivity index (χ1v) is 8.01. The summed E-state index contributed by atoms with van der Waals surface area (Å²) in [5, 5.41) is 13.6. The normalized spacial score (nSPS) is 23.7. The molecule has 1 fully saturated rings. The Labute approximate surface area is 130 Å². The highest BCUT2D eigenvalue weighted by molar-refractivity contribution is 5.74. The number of carbonyl (C=O) groups is 1. The first-order chi connectivity index (χ1) is 10.6. The number of rotatable bonds is 3. The number of likely N-dealkylation sites (tertiary alicyclic amines) is 1. The lowest BCUT2D eigenvalue weighted by Gasteiger charge is -2.35. The van der Waals surface area contributed by atoms with Crippen LogP contribution in [-0.4, -0.2) is 44.7 Å². The third-order valence-electron chi connectivity index (χ3n) is 4.65. The van der Waals surface area contributed by atoms with Crippen LogP contribution in [0.5, 0.6) is 0 Å². The maximum atomic E-state index is 12.4. The fraction of sp³-hybridized carbons (Fsp3) is 0.625. The van der Waals surface area contributed by atoms with E-state index in [1.54, 1.807) is 6.20 Å². The van der Waals surface area contributed by atoms with E-state index in [4.69, 9.17) is 0 Å². The number of urea groups is 1. The van der Waals surface area contributed by atoms with Gasteiger partial charge in [-0.1, -0.05) is 12.2 Å². The molecule has 2 heterocycles. The molecular formula is C16H24N4O2. The monoisotopic (exact) mass is 304 g/mol. The van der Waals surface area contributed by atoms with Gasteiger partial charge in [0.25, 0.3) is 0 Å². The number of piperidine rings is 1. The number of aromatic nitrogens is 2. The van der Waals surface area contributed by atoms with Crippen LogP contribution in [0, 0.1) is 5.92 Å². The average Bonchev–Trinajstić information content (AvgIpc) is 3.18. The zero-order valence-electron chi connectivity index (χ0n) is 13.0. The smallest absolute Gasteiger partial charge is 0.317 e. The molecule has 0 bridgehead atoms. The van der Waals surface area contributed by atoms with Crippen molar-refractivity contribution in [1.82, 2.24) is 19.8 Å². The highest BCUT2D eigenvalue weighted by atomic mass is 16.3. The zero-order valence-corrected chi connectivity index (χ0v) is 13.0. The van der Waals surface area contributed by atoms with Gasteiger partial charge >= 0.3 is 6.03 Å². The van der Waals surface area contributed by atoms with Gasteiger partial charge in [-0.3, -0.25) is 0 Å². The summed E-state index contributed by atoms with van der Waals surface area (Å²) >= 11 is 0. The van der Waals surface area contributed by atoms with Crippen LogP contribution in [0.1, 0.15) is 37.6 Å². The topological polar surface area (TPSA) is 70.4 Å². The van der Waals surface area contributed by atoms with E-state index < -0.39 is 6.10 Å². The lowest BCUT2D eigenvalue weighted by Crippen LogP contribution is -2.49. The maximum absolute atomic E-state index is 12.4.